The van der Waals surface area contributed by atoms with Crippen molar-refractivity contribution in [2.45, 2.75) is 18.5 Å². The molecule has 1 unspecified atom stereocenters. The normalized spacial score (nSPS) is 12.5. The molecule has 32 heavy (non-hydrogen) atoms. The van der Waals surface area contributed by atoms with Gasteiger partial charge in [0.2, 0.25) is 0 Å². The molecule has 0 spiro atoms. The summed E-state index contributed by atoms with van der Waals surface area (Å²) in [6, 6.07) is 31.3. The van der Waals surface area contributed by atoms with Gasteiger partial charge in [0.25, 0.3) is 0 Å². The minimum atomic E-state index is -0.893. The zero-order chi connectivity index (χ0) is 22.2. The van der Waals surface area contributed by atoms with Gasteiger partial charge >= 0.3 is 6.03 Å². The number of halogens is 1. The number of nitrogens with one attached hydrogen (secondary N) is 2. The van der Waals surface area contributed by atoms with Crippen LogP contribution in [0.3, 0.4) is 0 Å². The fourth-order valence-corrected chi connectivity index (χ4v) is 3.83. The highest BCUT2D eigenvalue weighted by molar-refractivity contribution is 5.76. The molecule has 0 fully saturated rings. The first-order valence-electron chi connectivity index (χ1n) is 10.5. The molecule has 1 heterocycles. The lowest BCUT2D eigenvalue weighted by atomic mass is 9.80. The molecule has 0 saturated heterocycles. The number of carbonyl (C=O) groups excluding carboxylic acids is 1. The van der Waals surface area contributed by atoms with Crippen LogP contribution in [0.15, 0.2) is 109 Å². The SMILES string of the molecule is O=C(NCc1cccc(F)c1)NC(Cc1ccccc1)(c1ccccc1)c1ccccn1. The Morgan fingerprint density at radius 3 is 2.19 bits per heavy atom. The summed E-state index contributed by atoms with van der Waals surface area (Å²) in [6.07, 6.45) is 2.24. The van der Waals surface area contributed by atoms with E-state index in [1.54, 1.807) is 18.3 Å². The van der Waals surface area contributed by atoms with Crippen LogP contribution in [-0.2, 0) is 18.5 Å². The molecule has 0 saturated carbocycles. The van der Waals surface area contributed by atoms with Crippen molar-refractivity contribution in [3.05, 3.63) is 138 Å². The number of amides is 2. The molecule has 3 aromatic carbocycles. The zero-order valence-electron chi connectivity index (χ0n) is 17.5. The summed E-state index contributed by atoms with van der Waals surface area (Å²) in [6.45, 7) is 0.210. The maximum atomic E-state index is 13.5. The summed E-state index contributed by atoms with van der Waals surface area (Å²) in [5.41, 5.74) is 2.51. The molecular formula is C27H24FN3O. The van der Waals surface area contributed by atoms with Gasteiger partial charge in [0.1, 0.15) is 11.4 Å². The van der Waals surface area contributed by atoms with E-state index < -0.39 is 5.54 Å². The van der Waals surface area contributed by atoms with Crippen LogP contribution in [0.4, 0.5) is 9.18 Å². The molecule has 1 atom stereocenters. The Balaban J connectivity index is 1.69. The standard InChI is InChI=1S/C27H24FN3O/c28-24-15-9-12-22(18-24)20-30-26(32)31-27(23-13-5-2-6-14-23,25-16-7-8-17-29-25)19-21-10-3-1-4-11-21/h1-18H,19-20H2,(H2,30,31,32). The van der Waals surface area contributed by atoms with Crippen LogP contribution in [0.5, 0.6) is 0 Å². The smallest absolute Gasteiger partial charge is 0.316 e. The van der Waals surface area contributed by atoms with E-state index in [1.807, 2.05) is 78.9 Å². The van der Waals surface area contributed by atoms with Crippen LogP contribution < -0.4 is 10.6 Å². The summed E-state index contributed by atoms with van der Waals surface area (Å²) in [5.74, 6) is -0.332. The van der Waals surface area contributed by atoms with Gasteiger partial charge in [-0.25, -0.2) is 9.18 Å². The van der Waals surface area contributed by atoms with Crippen molar-refractivity contribution in [2.24, 2.45) is 0 Å². The Morgan fingerprint density at radius 2 is 1.50 bits per heavy atom. The lowest BCUT2D eigenvalue weighted by Gasteiger charge is -2.35. The molecule has 0 bridgehead atoms. The van der Waals surface area contributed by atoms with Crippen LogP contribution in [0, 0.1) is 5.82 Å². The summed E-state index contributed by atoms with van der Waals surface area (Å²) >= 11 is 0. The van der Waals surface area contributed by atoms with Crippen LogP contribution >= 0.6 is 0 Å². The van der Waals surface area contributed by atoms with Crippen LogP contribution in [0.2, 0.25) is 0 Å². The number of hydrogen-bond acceptors (Lipinski definition) is 2. The van der Waals surface area contributed by atoms with Gasteiger partial charge in [0.15, 0.2) is 0 Å². The number of nitrogens with zero attached hydrogens (tertiary/aromatic N) is 1. The van der Waals surface area contributed by atoms with Crippen LogP contribution in [0.1, 0.15) is 22.4 Å². The number of pyridine rings is 1. The van der Waals surface area contributed by atoms with E-state index in [0.717, 1.165) is 16.8 Å². The molecule has 1 aromatic heterocycles. The second kappa shape index (κ2) is 9.88. The molecule has 5 heteroatoms. The molecule has 160 valence electrons. The number of urea groups is 1. The maximum Gasteiger partial charge on any atom is 0.316 e. The fraction of sp³-hybridized carbons (Fsp3) is 0.111. The van der Waals surface area contributed by atoms with Crippen molar-refractivity contribution in [2.75, 3.05) is 0 Å². The van der Waals surface area contributed by atoms with E-state index in [4.69, 9.17) is 0 Å². The highest BCUT2D eigenvalue weighted by Crippen LogP contribution is 2.32. The van der Waals surface area contributed by atoms with Gasteiger partial charge in [-0.05, 0) is 41.0 Å². The number of hydrogen-bond donors (Lipinski definition) is 2. The van der Waals surface area contributed by atoms with Gasteiger partial charge in [0.05, 0.1) is 5.69 Å². The lowest BCUT2D eigenvalue weighted by molar-refractivity contribution is 0.229. The van der Waals surface area contributed by atoms with Gasteiger partial charge < -0.3 is 10.6 Å². The molecule has 0 aliphatic carbocycles. The predicted molar refractivity (Wildman–Crippen MR) is 123 cm³/mol. The van der Waals surface area contributed by atoms with Crippen molar-refractivity contribution < 1.29 is 9.18 Å². The Morgan fingerprint density at radius 1 is 0.812 bits per heavy atom. The first-order chi connectivity index (χ1) is 15.7. The van der Waals surface area contributed by atoms with Crippen molar-refractivity contribution in [3.8, 4) is 0 Å². The number of aromatic nitrogens is 1. The topological polar surface area (TPSA) is 54.0 Å². The lowest BCUT2D eigenvalue weighted by Crippen LogP contribution is -2.52. The van der Waals surface area contributed by atoms with Crippen molar-refractivity contribution >= 4 is 6.03 Å². The Kier molecular flexibility index (Phi) is 6.56. The van der Waals surface area contributed by atoms with E-state index in [-0.39, 0.29) is 18.4 Å². The first kappa shape index (κ1) is 21.2. The van der Waals surface area contributed by atoms with Crippen LogP contribution in [0.25, 0.3) is 0 Å². The van der Waals surface area contributed by atoms with Crippen molar-refractivity contribution in [1.82, 2.24) is 15.6 Å². The second-order valence-corrected chi connectivity index (χ2v) is 7.59. The number of carbonyl (C=O) groups is 1. The van der Waals surface area contributed by atoms with E-state index in [2.05, 4.69) is 15.6 Å². The molecule has 4 nitrogen and oxygen atoms in total. The molecular weight excluding hydrogens is 401 g/mol. The average molecular weight is 426 g/mol. The quantitative estimate of drug-likeness (QED) is 0.427. The Hall–Kier alpha value is -3.99. The van der Waals surface area contributed by atoms with Gasteiger partial charge in [-0.3, -0.25) is 4.98 Å². The van der Waals surface area contributed by atoms with E-state index in [0.29, 0.717) is 12.0 Å². The molecule has 4 aromatic rings. The highest BCUT2D eigenvalue weighted by Gasteiger charge is 2.37. The third-order valence-corrected chi connectivity index (χ3v) is 5.35. The molecule has 0 radical (unpaired) electrons. The number of rotatable bonds is 7. The second-order valence-electron chi connectivity index (χ2n) is 7.59. The number of benzene rings is 3. The third kappa shape index (κ3) is 5.01. The fourth-order valence-electron chi connectivity index (χ4n) is 3.83. The Bertz CT molecular complexity index is 1110. The van der Waals surface area contributed by atoms with Gasteiger partial charge in [-0.15, -0.1) is 0 Å². The maximum absolute atomic E-state index is 13.5. The molecule has 2 N–H and O–H groups in total. The molecule has 0 aliphatic heterocycles. The zero-order valence-corrected chi connectivity index (χ0v) is 17.5. The minimum Gasteiger partial charge on any atom is -0.334 e. The first-order valence-corrected chi connectivity index (χ1v) is 10.5. The monoisotopic (exact) mass is 425 g/mol. The highest BCUT2D eigenvalue weighted by atomic mass is 19.1. The molecule has 4 rings (SSSR count). The third-order valence-electron chi connectivity index (χ3n) is 5.35. The van der Waals surface area contributed by atoms with E-state index in [9.17, 15) is 9.18 Å². The van der Waals surface area contributed by atoms with Crippen molar-refractivity contribution in [3.63, 3.8) is 0 Å². The summed E-state index contributed by atoms with van der Waals surface area (Å²) in [7, 11) is 0. The summed E-state index contributed by atoms with van der Waals surface area (Å²) in [4.78, 5) is 17.7. The predicted octanol–water partition coefficient (Wildman–Crippen LogP) is 5.21. The Labute approximate surface area is 187 Å². The summed E-state index contributed by atoms with van der Waals surface area (Å²) < 4.78 is 13.5. The van der Waals surface area contributed by atoms with Gasteiger partial charge in [-0.1, -0.05) is 78.9 Å². The molecule has 2 amide bonds. The largest absolute Gasteiger partial charge is 0.334 e. The van der Waals surface area contributed by atoms with E-state index in [1.165, 1.54) is 12.1 Å². The minimum absolute atomic E-state index is 0.210. The van der Waals surface area contributed by atoms with Crippen LogP contribution in [-0.4, -0.2) is 11.0 Å². The van der Waals surface area contributed by atoms with Crippen molar-refractivity contribution in [1.29, 1.82) is 0 Å². The average Bonchev–Trinajstić information content (AvgIpc) is 2.84. The van der Waals surface area contributed by atoms with E-state index >= 15 is 0 Å². The molecule has 0 aliphatic rings. The summed E-state index contributed by atoms with van der Waals surface area (Å²) in [5, 5.41) is 6.05. The van der Waals surface area contributed by atoms with Gasteiger partial charge in [0, 0.05) is 19.2 Å². The van der Waals surface area contributed by atoms with Gasteiger partial charge in [-0.2, -0.15) is 0 Å².